The van der Waals surface area contributed by atoms with Gasteiger partial charge in [-0.15, -0.1) is 0 Å². The molecule has 0 saturated heterocycles. The maximum Gasteiger partial charge on any atom is 0.0628 e. The summed E-state index contributed by atoms with van der Waals surface area (Å²) in [4.78, 5) is 18.3. The summed E-state index contributed by atoms with van der Waals surface area (Å²) in [5.41, 5.74) is 6.95. The fraction of sp³-hybridized carbons (Fsp3) is 0.393. The lowest BCUT2D eigenvalue weighted by atomic mass is 10.1. The summed E-state index contributed by atoms with van der Waals surface area (Å²) in [6.45, 7) is 9.13. The van der Waals surface area contributed by atoms with Crippen molar-refractivity contribution in [3.63, 3.8) is 0 Å². The van der Waals surface area contributed by atoms with E-state index in [1.165, 1.54) is 16.7 Å². The van der Waals surface area contributed by atoms with Crippen LogP contribution >= 0.6 is 0 Å². The third-order valence-electron chi connectivity index (χ3n) is 6.03. The molecule has 0 aliphatic carbocycles. The van der Waals surface area contributed by atoms with Gasteiger partial charge in [0.05, 0.1) is 43.3 Å². The van der Waals surface area contributed by atoms with Gasteiger partial charge in [-0.25, -0.2) is 0 Å². The summed E-state index contributed by atoms with van der Waals surface area (Å²) < 4.78 is 0. The van der Waals surface area contributed by atoms with Crippen LogP contribution in [-0.4, -0.2) is 43.0 Å². The third-order valence-corrected chi connectivity index (χ3v) is 6.03. The van der Waals surface area contributed by atoms with Crippen molar-refractivity contribution in [1.82, 2.24) is 24.8 Å². The van der Waals surface area contributed by atoms with Crippen molar-refractivity contribution in [2.45, 2.75) is 59.7 Å². The van der Waals surface area contributed by atoms with Gasteiger partial charge in [0.1, 0.15) is 0 Å². The van der Waals surface area contributed by atoms with Crippen LogP contribution in [0.5, 0.6) is 0 Å². The van der Waals surface area contributed by atoms with Gasteiger partial charge in [0.2, 0.25) is 0 Å². The van der Waals surface area contributed by atoms with E-state index in [4.69, 9.17) is 0 Å². The van der Waals surface area contributed by atoms with E-state index in [2.05, 4.69) is 76.1 Å². The van der Waals surface area contributed by atoms with Crippen molar-refractivity contribution in [1.29, 1.82) is 0 Å². The van der Waals surface area contributed by atoms with E-state index in [1.54, 1.807) is 0 Å². The van der Waals surface area contributed by atoms with Crippen LogP contribution in [-0.2, 0) is 38.9 Å². The maximum absolute atomic E-state index is 9.68. The predicted octanol–water partition coefficient (Wildman–Crippen LogP) is 4.53. The molecule has 6 heteroatoms. The number of aliphatic hydroxyl groups excluding tert-OH is 1. The Hall–Kier alpha value is -3.25. The molecule has 0 aromatic carbocycles. The number of hydrogen-bond donors (Lipinski definition) is 1. The molecule has 3 aromatic rings. The molecule has 0 bridgehead atoms. The Labute approximate surface area is 204 Å². The van der Waals surface area contributed by atoms with Crippen LogP contribution < -0.4 is 0 Å². The first-order valence-corrected chi connectivity index (χ1v) is 12.2. The summed E-state index contributed by atoms with van der Waals surface area (Å²) in [6, 6.07) is 12.4. The molecular formula is C28H37N5O. The molecule has 1 N–H and O–H groups in total. The van der Waals surface area contributed by atoms with Crippen LogP contribution in [0.25, 0.3) is 0 Å². The van der Waals surface area contributed by atoms with Crippen LogP contribution in [0.2, 0.25) is 0 Å². The summed E-state index contributed by atoms with van der Waals surface area (Å²) in [5, 5.41) is 9.68. The van der Waals surface area contributed by atoms with Gasteiger partial charge in [0, 0.05) is 37.5 Å². The molecule has 3 heterocycles. The Kier molecular flexibility index (Phi) is 10.0. The average Bonchev–Trinajstić information content (AvgIpc) is 2.88. The molecule has 0 aliphatic heterocycles. The molecule has 3 rings (SSSR count). The van der Waals surface area contributed by atoms with Crippen molar-refractivity contribution in [2.75, 3.05) is 13.2 Å². The van der Waals surface area contributed by atoms with E-state index in [0.717, 1.165) is 36.3 Å². The molecule has 0 unspecified atom stereocenters. The Morgan fingerprint density at radius 2 is 1.03 bits per heavy atom. The van der Waals surface area contributed by atoms with Crippen molar-refractivity contribution >= 4 is 0 Å². The predicted molar refractivity (Wildman–Crippen MR) is 137 cm³/mol. The number of aryl methyl sites for hydroxylation is 3. The van der Waals surface area contributed by atoms with Crippen LogP contribution in [0.15, 0.2) is 67.4 Å². The fourth-order valence-corrected chi connectivity index (χ4v) is 4.07. The van der Waals surface area contributed by atoms with Crippen molar-refractivity contribution in [3.8, 4) is 0 Å². The smallest absolute Gasteiger partial charge is 0.0628 e. The highest BCUT2D eigenvalue weighted by Crippen LogP contribution is 2.16. The Balaban J connectivity index is 1.87. The molecule has 0 fully saturated rings. The lowest BCUT2D eigenvalue weighted by Gasteiger charge is -2.25. The number of nitrogens with zero attached hydrogens (tertiary/aromatic N) is 5. The summed E-state index contributed by atoms with van der Waals surface area (Å²) in [7, 11) is 0. The molecule has 0 aliphatic rings. The van der Waals surface area contributed by atoms with E-state index in [1.807, 2.05) is 36.8 Å². The number of pyridine rings is 3. The first-order chi connectivity index (χ1) is 16.7. The number of aliphatic hydroxyl groups is 1. The lowest BCUT2D eigenvalue weighted by molar-refractivity contribution is 0.228. The normalized spacial score (nSPS) is 11.2. The highest BCUT2D eigenvalue weighted by molar-refractivity contribution is 5.23. The van der Waals surface area contributed by atoms with E-state index >= 15 is 0 Å². The molecule has 6 nitrogen and oxygen atoms in total. The Morgan fingerprint density at radius 3 is 1.41 bits per heavy atom. The van der Waals surface area contributed by atoms with Crippen molar-refractivity contribution in [3.05, 3.63) is 101 Å². The highest BCUT2D eigenvalue weighted by atomic mass is 16.3. The third kappa shape index (κ3) is 7.12. The van der Waals surface area contributed by atoms with Crippen LogP contribution in [0.3, 0.4) is 0 Å². The second kappa shape index (κ2) is 13.5. The summed E-state index contributed by atoms with van der Waals surface area (Å²) in [5.74, 6) is 0. The maximum atomic E-state index is 9.68. The van der Waals surface area contributed by atoms with Gasteiger partial charge >= 0.3 is 0 Å². The molecule has 3 aromatic heterocycles. The molecule has 180 valence electrons. The zero-order valence-electron chi connectivity index (χ0n) is 20.7. The van der Waals surface area contributed by atoms with Gasteiger partial charge in [-0.1, -0.05) is 39.0 Å². The van der Waals surface area contributed by atoms with Crippen LogP contribution in [0.1, 0.15) is 54.5 Å². The quantitative estimate of drug-likeness (QED) is 0.405. The van der Waals surface area contributed by atoms with Crippen molar-refractivity contribution < 1.29 is 5.11 Å². The average molecular weight is 460 g/mol. The standard InChI is InChI=1S/C28H37N5O/c1-4-23-10-7-13-29-26(23)20-32(18-19-34)16-17-33(21-27-24(5-2)11-8-14-30-27)22-28-25(6-3)12-9-15-31-28/h7-17,34H,4-6,18-22H2,1-3H3/b17-16+. The minimum atomic E-state index is 0.0824. The van der Waals surface area contributed by atoms with Gasteiger partial charge in [-0.3, -0.25) is 15.0 Å². The fourth-order valence-electron chi connectivity index (χ4n) is 4.07. The number of hydrogen-bond acceptors (Lipinski definition) is 6. The first kappa shape index (κ1) is 25.4. The Morgan fingerprint density at radius 1 is 0.647 bits per heavy atom. The Bertz CT molecular complexity index is 1000. The van der Waals surface area contributed by atoms with Gasteiger partial charge in [0.25, 0.3) is 0 Å². The highest BCUT2D eigenvalue weighted by Gasteiger charge is 2.12. The minimum absolute atomic E-state index is 0.0824. The van der Waals surface area contributed by atoms with E-state index in [-0.39, 0.29) is 6.61 Å². The molecule has 0 radical (unpaired) electrons. The minimum Gasteiger partial charge on any atom is -0.395 e. The van der Waals surface area contributed by atoms with Gasteiger partial charge in [-0.2, -0.15) is 0 Å². The van der Waals surface area contributed by atoms with Gasteiger partial charge < -0.3 is 14.9 Å². The van der Waals surface area contributed by atoms with Gasteiger partial charge in [0.15, 0.2) is 0 Å². The molecule has 0 spiro atoms. The second-order valence-electron chi connectivity index (χ2n) is 8.29. The summed E-state index contributed by atoms with van der Waals surface area (Å²) >= 11 is 0. The molecule has 0 atom stereocenters. The lowest BCUT2D eigenvalue weighted by Crippen LogP contribution is -2.25. The van der Waals surface area contributed by atoms with Gasteiger partial charge in [-0.05, 0) is 54.2 Å². The molecular weight excluding hydrogens is 422 g/mol. The molecule has 0 saturated carbocycles. The van der Waals surface area contributed by atoms with Crippen LogP contribution in [0.4, 0.5) is 0 Å². The molecule has 0 amide bonds. The zero-order valence-corrected chi connectivity index (χ0v) is 20.7. The number of rotatable bonds is 13. The first-order valence-electron chi connectivity index (χ1n) is 12.2. The number of aromatic nitrogens is 3. The monoisotopic (exact) mass is 459 g/mol. The summed E-state index contributed by atoms with van der Waals surface area (Å²) in [6.07, 6.45) is 12.6. The SMILES string of the molecule is CCc1cccnc1CN(/C=C/N(Cc1ncccc1CC)Cc1ncccc1CC)CCO. The topological polar surface area (TPSA) is 65.4 Å². The largest absolute Gasteiger partial charge is 0.395 e. The van der Waals surface area contributed by atoms with Crippen LogP contribution in [0, 0.1) is 0 Å². The van der Waals surface area contributed by atoms with E-state index in [0.29, 0.717) is 26.2 Å². The second-order valence-corrected chi connectivity index (χ2v) is 8.29. The van der Waals surface area contributed by atoms with E-state index in [9.17, 15) is 5.11 Å². The van der Waals surface area contributed by atoms with Crippen molar-refractivity contribution in [2.24, 2.45) is 0 Å². The molecule has 34 heavy (non-hydrogen) atoms. The zero-order chi connectivity index (χ0) is 24.2. The van der Waals surface area contributed by atoms with E-state index < -0.39 is 0 Å².